The van der Waals surface area contributed by atoms with Crippen LogP contribution in [-0.2, 0) is 11.2 Å². The molecule has 4 rings (SSSR count). The maximum absolute atomic E-state index is 5.86. The maximum Gasteiger partial charge on any atom is 0.119 e. The first-order chi connectivity index (χ1) is 11.3. The first kappa shape index (κ1) is 14.3. The molecule has 23 heavy (non-hydrogen) atoms. The summed E-state index contributed by atoms with van der Waals surface area (Å²) in [6, 6.07) is 19.2. The molecule has 1 atom stereocenters. The van der Waals surface area contributed by atoms with Crippen LogP contribution in [0.4, 0.5) is 0 Å². The third-order valence-corrected chi connectivity index (χ3v) is 4.71. The summed E-state index contributed by atoms with van der Waals surface area (Å²) >= 11 is 0. The van der Waals surface area contributed by atoms with Crippen molar-refractivity contribution in [2.75, 3.05) is 13.7 Å². The van der Waals surface area contributed by atoms with Crippen LogP contribution in [0.3, 0.4) is 0 Å². The zero-order valence-corrected chi connectivity index (χ0v) is 13.5. The van der Waals surface area contributed by atoms with Gasteiger partial charge >= 0.3 is 0 Å². The molecule has 1 aliphatic rings. The van der Waals surface area contributed by atoms with Crippen molar-refractivity contribution < 1.29 is 9.47 Å². The van der Waals surface area contributed by atoms with Gasteiger partial charge in [0, 0.05) is 0 Å². The van der Waals surface area contributed by atoms with Crippen LogP contribution in [0.5, 0.6) is 5.75 Å². The molecule has 2 nitrogen and oxygen atoms in total. The van der Waals surface area contributed by atoms with Gasteiger partial charge < -0.3 is 9.47 Å². The Balaban J connectivity index is 2.10. The second-order valence-corrected chi connectivity index (χ2v) is 6.04. The molecule has 3 aromatic carbocycles. The predicted molar refractivity (Wildman–Crippen MR) is 94.0 cm³/mol. The molecule has 0 saturated carbocycles. The van der Waals surface area contributed by atoms with E-state index in [2.05, 4.69) is 55.5 Å². The molecule has 0 N–H and O–H groups in total. The van der Waals surface area contributed by atoms with Crippen molar-refractivity contribution in [1.82, 2.24) is 0 Å². The lowest BCUT2D eigenvalue weighted by atomic mass is 9.85. The summed E-state index contributed by atoms with van der Waals surface area (Å²) in [5, 5.41) is 2.49. The smallest absolute Gasteiger partial charge is 0.119 e. The van der Waals surface area contributed by atoms with Crippen molar-refractivity contribution >= 4 is 10.8 Å². The zero-order chi connectivity index (χ0) is 15.8. The lowest BCUT2D eigenvalue weighted by Crippen LogP contribution is -2.15. The summed E-state index contributed by atoms with van der Waals surface area (Å²) in [7, 11) is 1.72. The Labute approximate surface area is 136 Å². The van der Waals surface area contributed by atoms with Crippen LogP contribution in [0.1, 0.15) is 24.2 Å². The Morgan fingerprint density at radius 1 is 1.04 bits per heavy atom. The van der Waals surface area contributed by atoms with Crippen molar-refractivity contribution in [3.05, 3.63) is 65.7 Å². The quantitative estimate of drug-likeness (QED) is 0.652. The summed E-state index contributed by atoms with van der Waals surface area (Å²) in [5.74, 6) is 0.898. The predicted octanol–water partition coefficient (Wildman–Crippen LogP) is 5.15. The molecule has 3 aromatic rings. The minimum absolute atomic E-state index is 0.146. The molecule has 0 spiro atoms. The van der Waals surface area contributed by atoms with E-state index < -0.39 is 0 Å². The number of ether oxygens (including phenoxy) is 2. The molecule has 0 unspecified atom stereocenters. The van der Waals surface area contributed by atoms with Crippen LogP contribution >= 0.6 is 0 Å². The molecular weight excluding hydrogens is 284 g/mol. The summed E-state index contributed by atoms with van der Waals surface area (Å²) in [4.78, 5) is 0. The van der Waals surface area contributed by atoms with Gasteiger partial charge in [-0.25, -0.2) is 0 Å². The Hall–Kier alpha value is -2.32. The van der Waals surface area contributed by atoms with E-state index in [1.54, 1.807) is 7.11 Å². The van der Waals surface area contributed by atoms with E-state index in [0.717, 1.165) is 18.8 Å². The molecule has 2 heteroatoms. The highest BCUT2D eigenvalue weighted by molar-refractivity contribution is 6.00. The van der Waals surface area contributed by atoms with Crippen LogP contribution < -0.4 is 4.74 Å². The van der Waals surface area contributed by atoms with Gasteiger partial charge in [-0.2, -0.15) is 0 Å². The van der Waals surface area contributed by atoms with E-state index in [0.29, 0.717) is 0 Å². The van der Waals surface area contributed by atoms with E-state index in [1.165, 1.54) is 33.0 Å². The lowest BCUT2D eigenvalue weighted by Gasteiger charge is -2.27. The van der Waals surface area contributed by atoms with Crippen molar-refractivity contribution in [2.24, 2.45) is 0 Å². The van der Waals surface area contributed by atoms with Gasteiger partial charge in [-0.15, -0.1) is 0 Å². The Morgan fingerprint density at radius 2 is 1.87 bits per heavy atom. The normalized spacial score (nSPS) is 17.0. The summed E-state index contributed by atoms with van der Waals surface area (Å²) < 4.78 is 11.3. The van der Waals surface area contributed by atoms with Gasteiger partial charge in [0.15, 0.2) is 0 Å². The van der Waals surface area contributed by atoms with Gasteiger partial charge in [-0.3, -0.25) is 0 Å². The topological polar surface area (TPSA) is 18.5 Å². The maximum atomic E-state index is 5.86. The molecule has 0 aliphatic carbocycles. The average molecular weight is 304 g/mol. The summed E-state index contributed by atoms with van der Waals surface area (Å²) in [5.41, 5.74) is 5.31. The first-order valence-electron chi connectivity index (χ1n) is 8.08. The fraction of sp³-hybridized carbons (Fsp3) is 0.238. The number of hydrogen-bond acceptors (Lipinski definition) is 2. The lowest BCUT2D eigenvalue weighted by molar-refractivity contribution is 0.0558. The molecule has 0 saturated heterocycles. The minimum atomic E-state index is 0.146. The number of methoxy groups -OCH3 is 1. The van der Waals surface area contributed by atoms with Crippen LogP contribution in [0, 0.1) is 0 Å². The number of benzene rings is 3. The number of rotatable bonds is 2. The van der Waals surface area contributed by atoms with Crippen LogP contribution in [-0.4, -0.2) is 13.7 Å². The van der Waals surface area contributed by atoms with E-state index in [9.17, 15) is 0 Å². The minimum Gasteiger partial charge on any atom is -0.497 e. The SMILES string of the molecule is COc1ccc2cc3c(c(-c4ccccc4)c2c1)CCO[C@@H]3C. The van der Waals surface area contributed by atoms with E-state index in [4.69, 9.17) is 9.47 Å². The monoisotopic (exact) mass is 304 g/mol. The molecule has 1 heterocycles. The van der Waals surface area contributed by atoms with Gasteiger partial charge in [0.05, 0.1) is 19.8 Å². The van der Waals surface area contributed by atoms with E-state index in [-0.39, 0.29) is 6.10 Å². The fourth-order valence-corrected chi connectivity index (χ4v) is 3.56. The third kappa shape index (κ3) is 2.40. The molecule has 0 bridgehead atoms. The second-order valence-electron chi connectivity index (χ2n) is 6.04. The third-order valence-electron chi connectivity index (χ3n) is 4.71. The van der Waals surface area contributed by atoms with E-state index in [1.807, 2.05) is 6.07 Å². The highest BCUT2D eigenvalue weighted by atomic mass is 16.5. The zero-order valence-electron chi connectivity index (χ0n) is 13.5. The summed E-state index contributed by atoms with van der Waals surface area (Å²) in [6.45, 7) is 2.92. The van der Waals surface area contributed by atoms with Gasteiger partial charge in [-0.1, -0.05) is 36.4 Å². The van der Waals surface area contributed by atoms with Crippen molar-refractivity contribution in [2.45, 2.75) is 19.4 Å². The number of fused-ring (bicyclic) bond motifs is 2. The molecule has 0 radical (unpaired) electrons. The Bertz CT molecular complexity index is 853. The van der Waals surface area contributed by atoms with Crippen molar-refractivity contribution in [3.8, 4) is 16.9 Å². The average Bonchev–Trinajstić information content (AvgIpc) is 2.60. The van der Waals surface area contributed by atoms with Crippen LogP contribution in [0.15, 0.2) is 54.6 Å². The molecule has 0 aromatic heterocycles. The van der Waals surface area contributed by atoms with Crippen molar-refractivity contribution in [1.29, 1.82) is 0 Å². The molecular formula is C21H20O2. The molecule has 0 fully saturated rings. The van der Waals surface area contributed by atoms with Gasteiger partial charge in [-0.05, 0) is 64.6 Å². The first-order valence-corrected chi connectivity index (χ1v) is 8.08. The standard InChI is InChI=1S/C21H20O2/c1-14-19-12-16-8-9-17(22-2)13-20(16)21(18(19)10-11-23-14)15-6-4-3-5-7-15/h3-9,12-14H,10-11H2,1-2H3/t14-/m1/s1. The second kappa shape index (κ2) is 5.71. The van der Waals surface area contributed by atoms with Gasteiger partial charge in [0.25, 0.3) is 0 Å². The summed E-state index contributed by atoms with van der Waals surface area (Å²) in [6.07, 6.45) is 1.10. The Kier molecular flexibility index (Phi) is 3.55. The highest BCUT2D eigenvalue weighted by Gasteiger charge is 2.22. The van der Waals surface area contributed by atoms with Crippen LogP contribution in [0.2, 0.25) is 0 Å². The highest BCUT2D eigenvalue weighted by Crippen LogP contribution is 2.40. The van der Waals surface area contributed by atoms with Crippen molar-refractivity contribution in [3.63, 3.8) is 0 Å². The molecule has 116 valence electrons. The van der Waals surface area contributed by atoms with Gasteiger partial charge in [0.1, 0.15) is 5.75 Å². The van der Waals surface area contributed by atoms with Gasteiger partial charge in [0.2, 0.25) is 0 Å². The largest absolute Gasteiger partial charge is 0.497 e. The molecule has 0 amide bonds. The fourth-order valence-electron chi connectivity index (χ4n) is 3.56. The number of hydrogen-bond donors (Lipinski definition) is 0. The van der Waals surface area contributed by atoms with E-state index >= 15 is 0 Å². The van der Waals surface area contributed by atoms with Crippen LogP contribution in [0.25, 0.3) is 21.9 Å². The molecule has 1 aliphatic heterocycles. The Morgan fingerprint density at radius 3 is 2.65 bits per heavy atom.